The monoisotopic (exact) mass is 256 g/mol. The molecular weight excluding hydrogens is 236 g/mol. The average molecular weight is 256 g/mol. The van der Waals surface area contributed by atoms with Crippen LogP contribution in [0.25, 0.3) is 10.9 Å². The van der Waals surface area contributed by atoms with Gasteiger partial charge in [0.05, 0.1) is 7.11 Å². The van der Waals surface area contributed by atoms with Crippen LogP contribution >= 0.6 is 0 Å². The number of methoxy groups -OCH3 is 1. The van der Waals surface area contributed by atoms with Gasteiger partial charge >= 0.3 is 0 Å². The van der Waals surface area contributed by atoms with Gasteiger partial charge in [-0.05, 0) is 55.9 Å². The Kier molecular flexibility index (Phi) is 2.55. The highest BCUT2D eigenvalue weighted by Crippen LogP contribution is 2.32. The predicted molar refractivity (Wildman–Crippen MR) is 76.8 cm³/mol. The summed E-state index contributed by atoms with van der Waals surface area (Å²) in [5, 5.41) is 5.12. The molecule has 1 atom stereocenters. The van der Waals surface area contributed by atoms with Crippen LogP contribution in [0.5, 0.6) is 5.75 Å². The molecule has 3 nitrogen and oxygen atoms in total. The predicted octanol–water partition coefficient (Wildman–Crippen LogP) is 2.79. The smallest absolute Gasteiger partial charge is 0.119 e. The summed E-state index contributed by atoms with van der Waals surface area (Å²) in [7, 11) is 1.73. The number of aromatic amines is 1. The first-order chi connectivity index (χ1) is 9.33. The topological polar surface area (TPSA) is 37.0 Å². The molecule has 4 rings (SSSR count). The highest BCUT2D eigenvalue weighted by Gasteiger charge is 2.28. The molecule has 19 heavy (non-hydrogen) atoms. The number of aryl methyl sites for hydroxylation is 1. The molecule has 1 aromatic carbocycles. The van der Waals surface area contributed by atoms with E-state index < -0.39 is 0 Å². The van der Waals surface area contributed by atoms with E-state index in [2.05, 4.69) is 22.4 Å². The molecule has 0 spiro atoms. The second kappa shape index (κ2) is 4.27. The standard InChI is InChI=1S/C16H20N2O/c1-19-12-5-7-16-14(9-12)13-8-11(17-10-2-3-10)4-6-15(13)18-16/h5,7,9-11,17-18H,2-4,6,8H2,1H3. The molecule has 100 valence electrons. The van der Waals surface area contributed by atoms with Crippen LogP contribution in [0.1, 0.15) is 30.5 Å². The highest BCUT2D eigenvalue weighted by molar-refractivity contribution is 5.86. The van der Waals surface area contributed by atoms with E-state index in [1.807, 2.05) is 6.07 Å². The average Bonchev–Trinajstić information content (AvgIpc) is 3.18. The van der Waals surface area contributed by atoms with E-state index in [4.69, 9.17) is 4.74 Å². The van der Waals surface area contributed by atoms with Gasteiger partial charge in [0.1, 0.15) is 5.75 Å². The molecule has 2 N–H and O–H groups in total. The lowest BCUT2D eigenvalue weighted by Crippen LogP contribution is -2.35. The Hall–Kier alpha value is -1.48. The van der Waals surface area contributed by atoms with Crippen LogP contribution in [0.2, 0.25) is 0 Å². The minimum Gasteiger partial charge on any atom is -0.497 e. The summed E-state index contributed by atoms with van der Waals surface area (Å²) in [6.45, 7) is 0. The second-order valence-corrected chi connectivity index (χ2v) is 5.87. The molecule has 1 heterocycles. The van der Waals surface area contributed by atoms with E-state index in [-0.39, 0.29) is 0 Å². The molecule has 0 aliphatic heterocycles. The van der Waals surface area contributed by atoms with Crippen molar-refractivity contribution in [2.24, 2.45) is 0 Å². The van der Waals surface area contributed by atoms with Crippen LogP contribution in [0.4, 0.5) is 0 Å². The number of H-pyrrole nitrogens is 1. The van der Waals surface area contributed by atoms with E-state index in [9.17, 15) is 0 Å². The minimum absolute atomic E-state index is 0.658. The van der Waals surface area contributed by atoms with Crippen molar-refractivity contribution < 1.29 is 4.74 Å². The van der Waals surface area contributed by atoms with Gasteiger partial charge in [0, 0.05) is 28.7 Å². The molecule has 0 radical (unpaired) electrons. The number of rotatable bonds is 3. The number of nitrogens with one attached hydrogen (secondary N) is 2. The van der Waals surface area contributed by atoms with Crippen molar-refractivity contribution in [3.05, 3.63) is 29.5 Å². The van der Waals surface area contributed by atoms with Crippen molar-refractivity contribution in [2.45, 2.75) is 44.2 Å². The Morgan fingerprint density at radius 2 is 2.11 bits per heavy atom. The van der Waals surface area contributed by atoms with Crippen molar-refractivity contribution in [3.63, 3.8) is 0 Å². The fraction of sp³-hybridized carbons (Fsp3) is 0.500. The Bertz CT molecular complexity index is 612. The Labute approximate surface area is 113 Å². The molecular formula is C16H20N2O. The molecule has 1 aromatic heterocycles. The molecule has 3 heteroatoms. The molecule has 2 aliphatic rings. The van der Waals surface area contributed by atoms with Crippen molar-refractivity contribution in [1.29, 1.82) is 0 Å². The number of fused-ring (bicyclic) bond motifs is 3. The maximum Gasteiger partial charge on any atom is 0.119 e. The summed E-state index contributed by atoms with van der Waals surface area (Å²) in [5.74, 6) is 0.951. The summed E-state index contributed by atoms with van der Waals surface area (Å²) in [6.07, 6.45) is 6.30. The maximum atomic E-state index is 5.35. The van der Waals surface area contributed by atoms with Gasteiger partial charge in [-0.25, -0.2) is 0 Å². The number of benzene rings is 1. The van der Waals surface area contributed by atoms with E-state index in [0.717, 1.165) is 24.6 Å². The van der Waals surface area contributed by atoms with Crippen molar-refractivity contribution >= 4 is 10.9 Å². The summed E-state index contributed by atoms with van der Waals surface area (Å²) in [6, 6.07) is 7.79. The largest absolute Gasteiger partial charge is 0.497 e. The third-order valence-corrected chi connectivity index (χ3v) is 4.44. The van der Waals surface area contributed by atoms with Gasteiger partial charge in [0.15, 0.2) is 0 Å². The van der Waals surface area contributed by atoms with Gasteiger partial charge in [0.2, 0.25) is 0 Å². The van der Waals surface area contributed by atoms with Crippen LogP contribution in [0.3, 0.4) is 0 Å². The van der Waals surface area contributed by atoms with Gasteiger partial charge < -0.3 is 15.0 Å². The van der Waals surface area contributed by atoms with Crippen molar-refractivity contribution in [3.8, 4) is 5.75 Å². The zero-order valence-corrected chi connectivity index (χ0v) is 11.3. The Morgan fingerprint density at radius 3 is 2.89 bits per heavy atom. The van der Waals surface area contributed by atoms with E-state index >= 15 is 0 Å². The summed E-state index contributed by atoms with van der Waals surface area (Å²) in [5.41, 5.74) is 4.17. The Morgan fingerprint density at radius 1 is 1.21 bits per heavy atom. The molecule has 0 amide bonds. The first-order valence-electron chi connectivity index (χ1n) is 7.27. The molecule has 1 saturated carbocycles. The third kappa shape index (κ3) is 2.02. The Balaban J connectivity index is 1.70. The molecule has 0 bridgehead atoms. The van der Waals surface area contributed by atoms with Gasteiger partial charge in [-0.1, -0.05) is 0 Å². The number of aromatic nitrogens is 1. The summed E-state index contributed by atoms with van der Waals surface area (Å²) in [4.78, 5) is 3.57. The molecule has 1 fully saturated rings. The molecule has 1 unspecified atom stereocenters. The van der Waals surface area contributed by atoms with Crippen LogP contribution < -0.4 is 10.1 Å². The van der Waals surface area contributed by atoms with E-state index in [0.29, 0.717) is 6.04 Å². The molecule has 2 aromatic rings. The van der Waals surface area contributed by atoms with Crippen LogP contribution in [0, 0.1) is 0 Å². The van der Waals surface area contributed by atoms with Crippen LogP contribution in [-0.2, 0) is 12.8 Å². The lowest BCUT2D eigenvalue weighted by molar-refractivity contribution is 0.415. The first-order valence-corrected chi connectivity index (χ1v) is 7.27. The molecule has 2 aliphatic carbocycles. The number of hydrogen-bond donors (Lipinski definition) is 2. The van der Waals surface area contributed by atoms with Gasteiger partial charge in [-0.3, -0.25) is 0 Å². The maximum absolute atomic E-state index is 5.35. The minimum atomic E-state index is 0.658. The fourth-order valence-electron chi connectivity index (χ4n) is 3.25. The van der Waals surface area contributed by atoms with Gasteiger partial charge in [0.25, 0.3) is 0 Å². The van der Waals surface area contributed by atoms with Gasteiger partial charge in [-0.2, -0.15) is 0 Å². The quantitative estimate of drug-likeness (QED) is 0.886. The number of hydrogen-bond acceptors (Lipinski definition) is 2. The first kappa shape index (κ1) is 11.4. The second-order valence-electron chi connectivity index (χ2n) is 5.87. The summed E-state index contributed by atoms with van der Waals surface area (Å²) < 4.78 is 5.35. The highest BCUT2D eigenvalue weighted by atomic mass is 16.5. The number of ether oxygens (including phenoxy) is 1. The fourth-order valence-corrected chi connectivity index (χ4v) is 3.25. The lowest BCUT2D eigenvalue weighted by atomic mass is 9.91. The van der Waals surface area contributed by atoms with Crippen LogP contribution in [0.15, 0.2) is 18.2 Å². The normalized spacial score (nSPS) is 22.5. The lowest BCUT2D eigenvalue weighted by Gasteiger charge is -2.23. The third-order valence-electron chi connectivity index (χ3n) is 4.44. The van der Waals surface area contributed by atoms with Crippen molar-refractivity contribution in [1.82, 2.24) is 10.3 Å². The van der Waals surface area contributed by atoms with Crippen molar-refractivity contribution in [2.75, 3.05) is 7.11 Å². The summed E-state index contributed by atoms with van der Waals surface area (Å²) >= 11 is 0. The molecule has 0 saturated heterocycles. The van der Waals surface area contributed by atoms with Gasteiger partial charge in [-0.15, -0.1) is 0 Å². The van der Waals surface area contributed by atoms with E-state index in [1.54, 1.807) is 7.11 Å². The zero-order valence-electron chi connectivity index (χ0n) is 11.3. The SMILES string of the molecule is COc1ccc2[nH]c3c(c2c1)CC(NC1CC1)CC3. The van der Waals surface area contributed by atoms with Crippen LogP contribution in [-0.4, -0.2) is 24.2 Å². The van der Waals surface area contributed by atoms with E-state index in [1.165, 1.54) is 41.4 Å². The zero-order chi connectivity index (χ0) is 12.8.